The molecule has 7 nitrogen and oxygen atoms in total. The average molecular weight is 501 g/mol. The van der Waals surface area contributed by atoms with E-state index in [9.17, 15) is 18.8 Å². The summed E-state index contributed by atoms with van der Waals surface area (Å²) in [5.74, 6) is -1.89. The highest BCUT2D eigenvalue weighted by molar-refractivity contribution is 6.39. The average Bonchev–Trinajstić information content (AvgIpc) is 3.14. The fourth-order valence-corrected chi connectivity index (χ4v) is 5.17. The molecule has 0 saturated carbocycles. The van der Waals surface area contributed by atoms with Crippen LogP contribution in [0.25, 0.3) is 0 Å². The normalized spacial score (nSPS) is 18.1. The highest BCUT2D eigenvalue weighted by atomic mass is 35.5. The lowest BCUT2D eigenvalue weighted by Gasteiger charge is -2.32. The minimum atomic E-state index is -0.688. The molecular weight excluding hydrogens is 471 g/mol. The number of benzene rings is 2. The Bertz CT molecular complexity index is 1130. The summed E-state index contributed by atoms with van der Waals surface area (Å²) in [7, 11) is 5.11. The quantitative estimate of drug-likeness (QED) is 0.487. The molecular formula is C26H30ClFN4O3. The third-order valence-electron chi connectivity index (χ3n) is 6.79. The Morgan fingerprint density at radius 3 is 2.40 bits per heavy atom. The largest absolute Gasteiger partial charge is 0.373 e. The van der Waals surface area contributed by atoms with Gasteiger partial charge in [0.1, 0.15) is 5.82 Å². The van der Waals surface area contributed by atoms with Crippen molar-refractivity contribution in [3.8, 4) is 0 Å². The van der Waals surface area contributed by atoms with Crippen molar-refractivity contribution in [2.24, 2.45) is 5.92 Å². The second kappa shape index (κ2) is 10.3. The maximum atomic E-state index is 13.4. The first-order valence-corrected chi connectivity index (χ1v) is 12.1. The van der Waals surface area contributed by atoms with Crippen molar-refractivity contribution < 1.29 is 18.8 Å². The minimum absolute atomic E-state index is 0.170. The van der Waals surface area contributed by atoms with Gasteiger partial charge in [-0.15, -0.1) is 0 Å². The second-order valence-corrected chi connectivity index (χ2v) is 10.00. The Labute approximate surface area is 209 Å². The maximum absolute atomic E-state index is 13.4. The van der Waals surface area contributed by atoms with Gasteiger partial charge >= 0.3 is 5.91 Å². The molecule has 2 amide bonds. The number of hydrogen-bond donors (Lipinski definition) is 1. The molecule has 2 aromatic carbocycles. The van der Waals surface area contributed by atoms with E-state index >= 15 is 0 Å². The zero-order valence-electron chi connectivity index (χ0n) is 20.2. The van der Waals surface area contributed by atoms with E-state index in [0.717, 1.165) is 30.5 Å². The van der Waals surface area contributed by atoms with Crippen molar-refractivity contribution in [3.05, 3.63) is 63.9 Å². The molecule has 1 fully saturated rings. The zero-order chi connectivity index (χ0) is 25.3. The number of rotatable bonds is 6. The number of piperidine rings is 1. The van der Waals surface area contributed by atoms with E-state index in [-0.39, 0.29) is 11.7 Å². The number of likely N-dealkylation sites (tertiary alicyclic amines) is 1. The van der Waals surface area contributed by atoms with Crippen molar-refractivity contribution in [1.82, 2.24) is 15.3 Å². The number of amides is 2. The van der Waals surface area contributed by atoms with Crippen molar-refractivity contribution in [1.29, 1.82) is 0 Å². The molecule has 186 valence electrons. The van der Waals surface area contributed by atoms with Crippen molar-refractivity contribution >= 4 is 34.9 Å². The predicted octanol–water partition coefficient (Wildman–Crippen LogP) is 3.27. The second-order valence-electron chi connectivity index (χ2n) is 9.59. The first-order chi connectivity index (χ1) is 16.6. The van der Waals surface area contributed by atoms with Gasteiger partial charge in [-0.1, -0.05) is 23.7 Å². The number of carbonyl (C=O) groups excluding carboxylic acids is 3. The first kappa shape index (κ1) is 25.1. The number of anilines is 1. The van der Waals surface area contributed by atoms with E-state index in [2.05, 4.69) is 5.43 Å². The summed E-state index contributed by atoms with van der Waals surface area (Å²) >= 11 is 6.52. The van der Waals surface area contributed by atoms with Crippen LogP contribution >= 0.6 is 11.6 Å². The Balaban J connectivity index is 1.47. The van der Waals surface area contributed by atoms with Crippen LogP contribution in [0.1, 0.15) is 40.2 Å². The fraction of sp³-hybridized carbons (Fsp3) is 0.423. The monoisotopic (exact) mass is 500 g/mol. The van der Waals surface area contributed by atoms with E-state index in [1.165, 1.54) is 17.1 Å². The smallest absolute Gasteiger partial charge is 0.302 e. The topological polar surface area (TPSA) is 73.0 Å². The van der Waals surface area contributed by atoms with Gasteiger partial charge in [0, 0.05) is 46.5 Å². The van der Waals surface area contributed by atoms with Gasteiger partial charge in [-0.05, 0) is 60.6 Å². The van der Waals surface area contributed by atoms with Crippen LogP contribution in [-0.2, 0) is 16.0 Å². The van der Waals surface area contributed by atoms with Crippen molar-refractivity contribution in [3.63, 3.8) is 0 Å². The van der Waals surface area contributed by atoms with E-state index in [0.29, 0.717) is 41.7 Å². The minimum Gasteiger partial charge on any atom is -0.373 e. The molecule has 0 aromatic heterocycles. The molecule has 2 heterocycles. The number of halogens is 2. The van der Waals surface area contributed by atoms with Gasteiger partial charge in [0.2, 0.25) is 5.78 Å². The molecule has 4 rings (SSSR count). The highest BCUT2D eigenvalue weighted by Gasteiger charge is 2.37. The summed E-state index contributed by atoms with van der Waals surface area (Å²) < 4.78 is 13.2. The zero-order valence-corrected chi connectivity index (χ0v) is 20.9. The summed E-state index contributed by atoms with van der Waals surface area (Å²) in [5.41, 5.74) is 5.33. The summed E-state index contributed by atoms with van der Waals surface area (Å²) in [6.45, 7) is 1.55. The molecule has 0 radical (unpaired) electrons. The summed E-state index contributed by atoms with van der Waals surface area (Å²) in [6, 6.07) is 9.96. The van der Waals surface area contributed by atoms with Crippen LogP contribution in [0.2, 0.25) is 5.02 Å². The number of carbonyl (C=O) groups is 3. The number of hydrazine groups is 1. The first-order valence-electron chi connectivity index (χ1n) is 11.7. The highest BCUT2D eigenvalue weighted by Crippen LogP contribution is 2.40. The molecule has 9 heteroatoms. The molecule has 2 aliphatic heterocycles. The standard InChI is InChI=1S/C26H30ClFN4O3/c1-30(2)29-25(34)24(33)21-15-31(3)23-14-22(27)20(13-19(21)23)26(35)32-10-8-17(9-11-32)12-16-4-6-18(28)7-5-16/h4-7,13-14,17,21H,8-12,15H2,1-3H3,(H,29,34). The van der Waals surface area contributed by atoms with Gasteiger partial charge in [0.15, 0.2) is 0 Å². The molecule has 2 aliphatic rings. The Kier molecular flexibility index (Phi) is 7.42. The summed E-state index contributed by atoms with van der Waals surface area (Å²) in [4.78, 5) is 42.2. The van der Waals surface area contributed by atoms with Crippen LogP contribution in [0.4, 0.5) is 10.1 Å². The Morgan fingerprint density at radius 1 is 1.11 bits per heavy atom. The summed E-state index contributed by atoms with van der Waals surface area (Å²) in [5, 5.41) is 1.76. The van der Waals surface area contributed by atoms with Gasteiger partial charge in [-0.2, -0.15) is 0 Å². The number of nitrogens with one attached hydrogen (secondary N) is 1. The van der Waals surface area contributed by atoms with Gasteiger partial charge in [0.25, 0.3) is 5.91 Å². The molecule has 0 spiro atoms. The van der Waals surface area contributed by atoms with E-state index < -0.39 is 17.6 Å². The molecule has 1 atom stereocenters. The number of Topliss-reactive ketones (excluding diaryl/α,β-unsaturated/α-hetero) is 1. The Hall–Kier alpha value is -2.97. The Morgan fingerprint density at radius 2 is 1.77 bits per heavy atom. The molecule has 0 bridgehead atoms. The molecule has 1 N–H and O–H groups in total. The van der Waals surface area contributed by atoms with Crippen molar-refractivity contribution in [2.75, 3.05) is 45.7 Å². The van der Waals surface area contributed by atoms with Gasteiger partial charge in [-0.3, -0.25) is 19.8 Å². The van der Waals surface area contributed by atoms with Crippen LogP contribution in [0.5, 0.6) is 0 Å². The summed E-state index contributed by atoms with van der Waals surface area (Å²) in [6.07, 6.45) is 2.55. The lowest BCUT2D eigenvalue weighted by Crippen LogP contribution is -2.43. The van der Waals surface area contributed by atoms with Gasteiger partial charge in [0.05, 0.1) is 16.5 Å². The number of ketones is 1. The SMILES string of the molecule is CN(C)NC(=O)C(=O)C1CN(C)c2cc(Cl)c(C(=O)N3CCC(Cc4ccc(F)cc4)CC3)cc21. The number of nitrogens with zero attached hydrogens (tertiary/aromatic N) is 3. The van der Waals surface area contributed by atoms with Gasteiger partial charge in [-0.25, -0.2) is 9.40 Å². The number of fused-ring (bicyclic) bond motifs is 1. The van der Waals surface area contributed by atoms with E-state index in [1.54, 1.807) is 31.1 Å². The van der Waals surface area contributed by atoms with Crippen LogP contribution in [-0.4, -0.2) is 68.3 Å². The van der Waals surface area contributed by atoms with Crippen molar-refractivity contribution in [2.45, 2.75) is 25.2 Å². The molecule has 2 aromatic rings. The third kappa shape index (κ3) is 5.49. The number of hydrogen-bond acceptors (Lipinski definition) is 5. The lowest BCUT2D eigenvalue weighted by molar-refractivity contribution is -0.140. The third-order valence-corrected chi connectivity index (χ3v) is 7.11. The van der Waals surface area contributed by atoms with Crippen LogP contribution in [0, 0.1) is 11.7 Å². The molecule has 1 saturated heterocycles. The van der Waals surface area contributed by atoms with Crippen LogP contribution < -0.4 is 10.3 Å². The van der Waals surface area contributed by atoms with E-state index in [1.807, 2.05) is 24.1 Å². The van der Waals surface area contributed by atoms with Crippen LogP contribution in [0.3, 0.4) is 0 Å². The van der Waals surface area contributed by atoms with Crippen LogP contribution in [0.15, 0.2) is 36.4 Å². The molecule has 35 heavy (non-hydrogen) atoms. The van der Waals surface area contributed by atoms with Gasteiger partial charge < -0.3 is 9.80 Å². The predicted molar refractivity (Wildman–Crippen MR) is 133 cm³/mol. The fourth-order valence-electron chi connectivity index (χ4n) is 4.93. The lowest BCUT2D eigenvalue weighted by atomic mass is 9.89. The maximum Gasteiger partial charge on any atom is 0.302 e. The van der Waals surface area contributed by atoms with E-state index in [4.69, 9.17) is 11.6 Å². The molecule has 1 unspecified atom stereocenters. The number of likely N-dealkylation sites (N-methyl/N-ethyl adjacent to an activating group) is 1. The molecule has 0 aliphatic carbocycles.